The van der Waals surface area contributed by atoms with Crippen LogP contribution in [0.2, 0.25) is 0 Å². The van der Waals surface area contributed by atoms with Gasteiger partial charge in [0, 0.05) is 18.1 Å². The van der Waals surface area contributed by atoms with Crippen LogP contribution in [-0.2, 0) is 0 Å². The van der Waals surface area contributed by atoms with Gasteiger partial charge in [-0.1, -0.05) is 20.8 Å². The molecule has 1 aromatic heterocycles. The first-order chi connectivity index (χ1) is 6.54. The lowest BCUT2D eigenvalue weighted by molar-refractivity contribution is 0.202. The zero-order valence-electron chi connectivity index (χ0n) is 8.99. The Hall–Kier alpha value is -1.09. The first-order valence-corrected chi connectivity index (χ1v) is 4.81. The van der Waals surface area contributed by atoms with Crippen molar-refractivity contribution in [3.63, 3.8) is 0 Å². The minimum Gasteiger partial charge on any atom is -0.394 e. The molecule has 3 nitrogen and oxygen atoms in total. The molecule has 0 bridgehead atoms. The molecule has 0 aliphatic carbocycles. The van der Waals surface area contributed by atoms with Gasteiger partial charge in [-0.15, -0.1) is 0 Å². The van der Waals surface area contributed by atoms with E-state index in [0.717, 1.165) is 5.69 Å². The third kappa shape index (κ3) is 3.00. The van der Waals surface area contributed by atoms with E-state index >= 15 is 0 Å². The number of aliphatic hydroxyl groups excluding tert-OH is 1. The van der Waals surface area contributed by atoms with Gasteiger partial charge in [0.25, 0.3) is 0 Å². The quantitative estimate of drug-likeness (QED) is 0.772. The minimum absolute atomic E-state index is 0.0397. The maximum atomic E-state index is 9.24. The lowest BCUT2D eigenvalue weighted by Gasteiger charge is -2.30. The van der Waals surface area contributed by atoms with Crippen LogP contribution in [0.3, 0.4) is 0 Å². The summed E-state index contributed by atoms with van der Waals surface area (Å²) in [6.45, 7) is 6.43. The minimum atomic E-state index is 0.0397. The second-order valence-corrected chi connectivity index (χ2v) is 4.48. The van der Waals surface area contributed by atoms with Crippen LogP contribution < -0.4 is 5.32 Å². The van der Waals surface area contributed by atoms with Crippen molar-refractivity contribution in [2.45, 2.75) is 26.8 Å². The molecule has 1 atom stereocenters. The highest BCUT2D eigenvalue weighted by atomic mass is 16.3. The summed E-state index contributed by atoms with van der Waals surface area (Å²) >= 11 is 0. The van der Waals surface area contributed by atoms with Gasteiger partial charge in [0.15, 0.2) is 0 Å². The van der Waals surface area contributed by atoms with Crippen molar-refractivity contribution < 1.29 is 5.11 Å². The summed E-state index contributed by atoms with van der Waals surface area (Å²) in [5, 5.41) is 12.5. The van der Waals surface area contributed by atoms with Crippen LogP contribution in [0.4, 0.5) is 5.69 Å². The molecule has 0 saturated carbocycles. The molecule has 0 saturated heterocycles. The largest absolute Gasteiger partial charge is 0.394 e. The van der Waals surface area contributed by atoms with Gasteiger partial charge in [0.05, 0.1) is 12.6 Å². The number of nitrogens with zero attached hydrogens (tertiary/aromatic N) is 1. The van der Waals surface area contributed by atoms with Crippen LogP contribution in [0.1, 0.15) is 20.8 Å². The summed E-state index contributed by atoms with van der Waals surface area (Å²) in [5.74, 6) is 0. The Kier molecular flexibility index (Phi) is 3.47. The van der Waals surface area contributed by atoms with E-state index in [4.69, 9.17) is 0 Å². The Morgan fingerprint density at radius 1 is 1.36 bits per heavy atom. The van der Waals surface area contributed by atoms with E-state index in [0.29, 0.717) is 0 Å². The summed E-state index contributed by atoms with van der Waals surface area (Å²) in [5.41, 5.74) is 1.03. The molecule has 0 radical (unpaired) electrons. The van der Waals surface area contributed by atoms with Crippen LogP contribution in [-0.4, -0.2) is 22.7 Å². The fourth-order valence-corrected chi connectivity index (χ4v) is 1.19. The molecule has 78 valence electrons. The number of rotatable bonds is 3. The van der Waals surface area contributed by atoms with Crippen molar-refractivity contribution in [2.75, 3.05) is 11.9 Å². The second-order valence-electron chi connectivity index (χ2n) is 4.48. The van der Waals surface area contributed by atoms with Crippen LogP contribution in [0.5, 0.6) is 0 Å². The molecule has 14 heavy (non-hydrogen) atoms. The normalized spacial score (nSPS) is 13.7. The van der Waals surface area contributed by atoms with Crippen LogP contribution in [0, 0.1) is 5.41 Å². The number of hydrogen-bond donors (Lipinski definition) is 2. The predicted molar refractivity (Wildman–Crippen MR) is 58.2 cm³/mol. The highest BCUT2D eigenvalue weighted by Crippen LogP contribution is 2.22. The van der Waals surface area contributed by atoms with E-state index < -0.39 is 0 Å². The number of hydrogen-bond acceptors (Lipinski definition) is 3. The third-order valence-electron chi connectivity index (χ3n) is 2.25. The fraction of sp³-hybridized carbons (Fsp3) is 0.545. The highest BCUT2D eigenvalue weighted by Gasteiger charge is 2.23. The van der Waals surface area contributed by atoms with Gasteiger partial charge in [0.2, 0.25) is 0 Å². The van der Waals surface area contributed by atoms with Gasteiger partial charge in [-0.2, -0.15) is 0 Å². The Bertz CT molecular complexity index is 266. The van der Waals surface area contributed by atoms with Crippen LogP contribution >= 0.6 is 0 Å². The molecule has 1 rings (SSSR count). The lowest BCUT2D eigenvalue weighted by atomic mass is 9.87. The van der Waals surface area contributed by atoms with Gasteiger partial charge in [0.1, 0.15) is 0 Å². The Morgan fingerprint density at radius 3 is 2.36 bits per heavy atom. The average molecular weight is 194 g/mol. The number of pyridine rings is 1. The number of anilines is 1. The zero-order chi connectivity index (χ0) is 10.6. The molecule has 0 aromatic carbocycles. The number of aliphatic hydroxyl groups is 1. The van der Waals surface area contributed by atoms with Gasteiger partial charge in [-0.25, -0.2) is 0 Å². The van der Waals surface area contributed by atoms with Gasteiger partial charge < -0.3 is 10.4 Å². The molecule has 1 heterocycles. The van der Waals surface area contributed by atoms with E-state index in [9.17, 15) is 5.11 Å². The zero-order valence-corrected chi connectivity index (χ0v) is 8.99. The van der Waals surface area contributed by atoms with Crippen molar-refractivity contribution in [3.8, 4) is 0 Å². The fourth-order valence-electron chi connectivity index (χ4n) is 1.19. The highest BCUT2D eigenvalue weighted by molar-refractivity contribution is 5.42. The SMILES string of the molecule is CC(C)(C)C(CO)Nc1ccncc1. The van der Waals surface area contributed by atoms with Crippen molar-refractivity contribution in [1.29, 1.82) is 0 Å². The number of aromatic nitrogens is 1. The molecule has 0 amide bonds. The third-order valence-corrected chi connectivity index (χ3v) is 2.25. The van der Waals surface area contributed by atoms with Crippen LogP contribution in [0.25, 0.3) is 0 Å². The first kappa shape index (κ1) is 11.0. The van der Waals surface area contributed by atoms with Crippen molar-refractivity contribution in [1.82, 2.24) is 4.98 Å². The molecule has 1 aromatic rings. The molecular weight excluding hydrogens is 176 g/mol. The smallest absolute Gasteiger partial charge is 0.0637 e. The molecule has 2 N–H and O–H groups in total. The molecular formula is C11H18N2O. The maximum Gasteiger partial charge on any atom is 0.0637 e. The van der Waals surface area contributed by atoms with E-state index in [1.807, 2.05) is 12.1 Å². The van der Waals surface area contributed by atoms with Gasteiger partial charge in [-0.3, -0.25) is 4.98 Å². The topological polar surface area (TPSA) is 45.1 Å². The van der Waals surface area contributed by atoms with E-state index in [-0.39, 0.29) is 18.1 Å². The summed E-state index contributed by atoms with van der Waals surface area (Å²) in [6, 6.07) is 3.85. The first-order valence-electron chi connectivity index (χ1n) is 4.81. The Morgan fingerprint density at radius 2 is 1.93 bits per heavy atom. The Labute approximate surface area is 85.2 Å². The summed E-state index contributed by atoms with van der Waals surface area (Å²) < 4.78 is 0. The monoisotopic (exact) mass is 194 g/mol. The van der Waals surface area contributed by atoms with E-state index in [2.05, 4.69) is 31.1 Å². The van der Waals surface area contributed by atoms with E-state index in [1.54, 1.807) is 12.4 Å². The standard InChI is InChI=1S/C11H18N2O/c1-11(2,3)10(8-14)13-9-4-6-12-7-5-9/h4-7,10,14H,8H2,1-3H3,(H,12,13). The Balaban J connectivity index is 2.67. The lowest BCUT2D eigenvalue weighted by Crippen LogP contribution is -2.37. The molecule has 0 aliphatic heterocycles. The number of nitrogens with one attached hydrogen (secondary N) is 1. The van der Waals surface area contributed by atoms with Gasteiger partial charge >= 0.3 is 0 Å². The molecule has 3 heteroatoms. The molecule has 1 unspecified atom stereocenters. The maximum absolute atomic E-state index is 9.24. The van der Waals surface area contributed by atoms with E-state index in [1.165, 1.54) is 0 Å². The molecule has 0 spiro atoms. The molecule has 0 fully saturated rings. The van der Waals surface area contributed by atoms with Crippen molar-refractivity contribution in [3.05, 3.63) is 24.5 Å². The second kappa shape index (κ2) is 4.42. The average Bonchev–Trinajstić information content (AvgIpc) is 2.14. The van der Waals surface area contributed by atoms with Crippen molar-refractivity contribution >= 4 is 5.69 Å². The summed E-state index contributed by atoms with van der Waals surface area (Å²) in [4.78, 5) is 3.94. The summed E-state index contributed by atoms with van der Waals surface area (Å²) in [7, 11) is 0. The van der Waals surface area contributed by atoms with Crippen LogP contribution in [0.15, 0.2) is 24.5 Å². The van der Waals surface area contributed by atoms with Gasteiger partial charge in [-0.05, 0) is 17.5 Å². The summed E-state index contributed by atoms with van der Waals surface area (Å²) in [6.07, 6.45) is 3.47. The predicted octanol–water partition coefficient (Wildman–Crippen LogP) is 1.90. The molecule has 0 aliphatic rings. The van der Waals surface area contributed by atoms with Crippen molar-refractivity contribution in [2.24, 2.45) is 5.41 Å².